The number of carboxylic acid groups (broad SMARTS) is 1. The van der Waals surface area contributed by atoms with Crippen LogP contribution in [0.3, 0.4) is 0 Å². The van der Waals surface area contributed by atoms with E-state index >= 15 is 0 Å². The van der Waals surface area contributed by atoms with E-state index in [0.29, 0.717) is 17.0 Å². The molecule has 3 rings (SSSR count). The van der Waals surface area contributed by atoms with E-state index in [-0.39, 0.29) is 0 Å². The summed E-state index contributed by atoms with van der Waals surface area (Å²) in [6.07, 6.45) is 8.29. The summed E-state index contributed by atoms with van der Waals surface area (Å²) in [7, 11) is 0. The molecule has 1 fully saturated rings. The van der Waals surface area contributed by atoms with Crippen LogP contribution in [0.25, 0.3) is 11.0 Å². The molecule has 1 heterocycles. The van der Waals surface area contributed by atoms with E-state index < -0.39 is 5.97 Å². The van der Waals surface area contributed by atoms with Crippen LogP contribution < -0.4 is 0 Å². The second kappa shape index (κ2) is 5.88. The number of hydrogen-bond donors (Lipinski definition) is 1. The number of para-hydroxylation sites is 1. The third-order valence-electron chi connectivity index (χ3n) is 4.88. The van der Waals surface area contributed by atoms with Gasteiger partial charge < -0.3 is 9.67 Å². The van der Waals surface area contributed by atoms with Gasteiger partial charge in [-0.3, -0.25) is 0 Å². The van der Waals surface area contributed by atoms with E-state index in [1.165, 1.54) is 32.1 Å². The predicted molar refractivity (Wildman–Crippen MR) is 82.4 cm³/mol. The SMILES string of the molecule is CCC1CCC(Cn2cnc3c(C(=O)O)cccc32)CC1. The molecule has 1 aromatic carbocycles. The molecule has 0 amide bonds. The molecule has 0 atom stereocenters. The molecule has 1 aliphatic carbocycles. The number of hydrogen-bond acceptors (Lipinski definition) is 2. The van der Waals surface area contributed by atoms with Crippen LogP contribution in [0, 0.1) is 11.8 Å². The van der Waals surface area contributed by atoms with Gasteiger partial charge in [-0.2, -0.15) is 0 Å². The molecule has 1 aliphatic rings. The summed E-state index contributed by atoms with van der Waals surface area (Å²) >= 11 is 0. The number of imidazole rings is 1. The molecular weight excluding hydrogens is 264 g/mol. The average Bonchev–Trinajstić information content (AvgIpc) is 2.91. The summed E-state index contributed by atoms with van der Waals surface area (Å²) in [5.41, 5.74) is 1.83. The standard InChI is InChI=1S/C17H22N2O2/c1-2-12-6-8-13(9-7-12)10-19-11-18-16-14(17(20)21)4-3-5-15(16)19/h3-5,11-13H,2,6-10H2,1H3,(H,20,21). The van der Waals surface area contributed by atoms with Crippen molar-refractivity contribution < 1.29 is 9.90 Å². The molecule has 0 aliphatic heterocycles. The summed E-state index contributed by atoms with van der Waals surface area (Å²) in [4.78, 5) is 15.6. The third kappa shape index (κ3) is 2.80. The van der Waals surface area contributed by atoms with Crippen molar-refractivity contribution in [3.63, 3.8) is 0 Å². The molecule has 21 heavy (non-hydrogen) atoms. The quantitative estimate of drug-likeness (QED) is 0.925. The number of aromatic carboxylic acids is 1. The molecule has 0 saturated heterocycles. The van der Waals surface area contributed by atoms with E-state index in [9.17, 15) is 9.90 Å². The van der Waals surface area contributed by atoms with Gasteiger partial charge in [-0.05, 0) is 36.8 Å². The molecule has 0 unspecified atom stereocenters. The van der Waals surface area contributed by atoms with Crippen LogP contribution in [-0.4, -0.2) is 20.6 Å². The number of nitrogens with zero attached hydrogens (tertiary/aromatic N) is 2. The zero-order valence-corrected chi connectivity index (χ0v) is 12.5. The summed E-state index contributed by atoms with van der Waals surface area (Å²) in [5.74, 6) is 0.687. The van der Waals surface area contributed by atoms with E-state index in [4.69, 9.17) is 0 Å². The number of benzene rings is 1. The highest BCUT2D eigenvalue weighted by Crippen LogP contribution is 2.32. The van der Waals surface area contributed by atoms with Crippen LogP contribution in [0.4, 0.5) is 0 Å². The molecule has 4 heteroatoms. The largest absolute Gasteiger partial charge is 0.478 e. The van der Waals surface area contributed by atoms with E-state index in [1.807, 2.05) is 6.07 Å². The van der Waals surface area contributed by atoms with Gasteiger partial charge >= 0.3 is 5.97 Å². The van der Waals surface area contributed by atoms with Gasteiger partial charge in [0, 0.05) is 6.54 Å². The third-order valence-corrected chi connectivity index (χ3v) is 4.88. The molecule has 0 spiro atoms. The average molecular weight is 286 g/mol. The number of fused-ring (bicyclic) bond motifs is 1. The Bertz CT molecular complexity index is 639. The van der Waals surface area contributed by atoms with Crippen LogP contribution in [0.1, 0.15) is 49.4 Å². The molecule has 1 N–H and O–H groups in total. The van der Waals surface area contributed by atoms with Gasteiger partial charge in [0.25, 0.3) is 0 Å². The summed E-state index contributed by atoms with van der Waals surface area (Å²) in [6, 6.07) is 5.39. The molecule has 0 bridgehead atoms. The first-order valence-corrected chi connectivity index (χ1v) is 7.86. The lowest BCUT2D eigenvalue weighted by Crippen LogP contribution is -2.18. The maximum Gasteiger partial charge on any atom is 0.337 e. The smallest absolute Gasteiger partial charge is 0.337 e. The summed E-state index contributed by atoms with van der Waals surface area (Å²) in [5, 5.41) is 9.22. The van der Waals surface area contributed by atoms with Crippen LogP contribution >= 0.6 is 0 Å². The Labute approximate surface area is 124 Å². The monoisotopic (exact) mass is 286 g/mol. The van der Waals surface area contributed by atoms with Crippen molar-refractivity contribution >= 4 is 17.0 Å². The Morgan fingerprint density at radius 3 is 2.67 bits per heavy atom. The highest BCUT2D eigenvalue weighted by Gasteiger charge is 2.21. The predicted octanol–water partition coefficient (Wildman–Crippen LogP) is 3.95. The van der Waals surface area contributed by atoms with Crippen molar-refractivity contribution in [1.29, 1.82) is 0 Å². The Morgan fingerprint density at radius 2 is 2.00 bits per heavy atom. The lowest BCUT2D eigenvalue weighted by Gasteiger charge is -2.28. The van der Waals surface area contributed by atoms with Crippen LogP contribution in [0.2, 0.25) is 0 Å². The summed E-state index contributed by atoms with van der Waals surface area (Å²) in [6.45, 7) is 3.23. The fraction of sp³-hybridized carbons (Fsp3) is 0.529. The van der Waals surface area contributed by atoms with Gasteiger partial charge in [-0.1, -0.05) is 32.3 Å². The van der Waals surface area contributed by atoms with E-state index in [0.717, 1.165) is 18.0 Å². The Balaban J connectivity index is 1.79. The highest BCUT2D eigenvalue weighted by molar-refractivity contribution is 6.00. The fourth-order valence-corrected chi connectivity index (χ4v) is 3.51. The van der Waals surface area contributed by atoms with Crippen LogP contribution in [-0.2, 0) is 6.54 Å². The zero-order chi connectivity index (χ0) is 14.8. The molecule has 1 aromatic heterocycles. The number of carbonyl (C=O) groups is 1. The fourth-order valence-electron chi connectivity index (χ4n) is 3.51. The zero-order valence-electron chi connectivity index (χ0n) is 12.5. The minimum atomic E-state index is -0.908. The van der Waals surface area contributed by atoms with Gasteiger partial charge in [-0.25, -0.2) is 9.78 Å². The van der Waals surface area contributed by atoms with Crippen molar-refractivity contribution in [3.8, 4) is 0 Å². The maximum atomic E-state index is 11.2. The van der Waals surface area contributed by atoms with Crippen LogP contribution in [0.15, 0.2) is 24.5 Å². The molecular formula is C17H22N2O2. The van der Waals surface area contributed by atoms with E-state index in [2.05, 4.69) is 16.5 Å². The van der Waals surface area contributed by atoms with Gasteiger partial charge in [0.15, 0.2) is 0 Å². The number of rotatable bonds is 4. The minimum absolute atomic E-state index is 0.293. The van der Waals surface area contributed by atoms with Crippen molar-refractivity contribution in [2.75, 3.05) is 0 Å². The van der Waals surface area contributed by atoms with Crippen molar-refractivity contribution in [1.82, 2.24) is 9.55 Å². The maximum absolute atomic E-state index is 11.2. The second-order valence-electron chi connectivity index (χ2n) is 6.17. The highest BCUT2D eigenvalue weighted by atomic mass is 16.4. The lowest BCUT2D eigenvalue weighted by molar-refractivity contribution is 0.0699. The van der Waals surface area contributed by atoms with Crippen molar-refractivity contribution in [2.24, 2.45) is 11.8 Å². The molecule has 0 radical (unpaired) electrons. The van der Waals surface area contributed by atoms with Crippen LogP contribution in [0.5, 0.6) is 0 Å². The number of carboxylic acids is 1. The normalized spacial score (nSPS) is 22.5. The second-order valence-corrected chi connectivity index (χ2v) is 6.17. The molecule has 2 aromatic rings. The summed E-state index contributed by atoms with van der Waals surface area (Å²) < 4.78 is 2.12. The first-order valence-electron chi connectivity index (χ1n) is 7.86. The molecule has 112 valence electrons. The number of aromatic nitrogens is 2. The Hall–Kier alpha value is -1.84. The van der Waals surface area contributed by atoms with Crippen molar-refractivity contribution in [3.05, 3.63) is 30.1 Å². The first kappa shape index (κ1) is 14.1. The van der Waals surface area contributed by atoms with Gasteiger partial charge in [-0.15, -0.1) is 0 Å². The lowest BCUT2D eigenvalue weighted by atomic mass is 9.81. The van der Waals surface area contributed by atoms with Gasteiger partial charge in [0.2, 0.25) is 0 Å². The Morgan fingerprint density at radius 1 is 1.29 bits per heavy atom. The molecule has 1 saturated carbocycles. The van der Waals surface area contributed by atoms with Gasteiger partial charge in [0.05, 0.1) is 17.4 Å². The molecule has 4 nitrogen and oxygen atoms in total. The van der Waals surface area contributed by atoms with Crippen molar-refractivity contribution in [2.45, 2.75) is 45.6 Å². The van der Waals surface area contributed by atoms with Gasteiger partial charge in [0.1, 0.15) is 5.52 Å². The topological polar surface area (TPSA) is 55.1 Å². The minimum Gasteiger partial charge on any atom is -0.478 e. The Kier molecular flexibility index (Phi) is 3.95. The first-order chi connectivity index (χ1) is 10.2. The van der Waals surface area contributed by atoms with E-state index in [1.54, 1.807) is 18.5 Å².